The largest absolute Gasteiger partial charge is 0.480 e. The first-order chi connectivity index (χ1) is 7.27. The summed E-state index contributed by atoms with van der Waals surface area (Å²) in [5, 5.41) is 11.0. The first kappa shape index (κ1) is 13.3. The summed E-state index contributed by atoms with van der Waals surface area (Å²) in [6.45, 7) is 0.684. The minimum atomic E-state index is -4.78. The molecule has 1 fully saturated rings. The van der Waals surface area contributed by atoms with Crippen LogP contribution in [0.25, 0.3) is 0 Å². The van der Waals surface area contributed by atoms with Crippen LogP contribution in [0, 0.1) is 0 Å². The van der Waals surface area contributed by atoms with Gasteiger partial charge in [-0.1, -0.05) is 19.3 Å². The molecule has 0 aromatic rings. The molecule has 0 radical (unpaired) electrons. The van der Waals surface area contributed by atoms with E-state index in [4.69, 9.17) is 5.11 Å². The van der Waals surface area contributed by atoms with Crippen LogP contribution in [0.15, 0.2) is 0 Å². The lowest BCUT2D eigenvalue weighted by Crippen LogP contribution is -2.63. The van der Waals surface area contributed by atoms with E-state index in [-0.39, 0.29) is 6.04 Å². The minimum absolute atomic E-state index is 0.350. The molecule has 0 amide bonds. The van der Waals surface area contributed by atoms with Crippen molar-refractivity contribution in [2.75, 3.05) is 0 Å². The highest BCUT2D eigenvalue weighted by Crippen LogP contribution is 2.32. The molecule has 0 saturated heterocycles. The van der Waals surface area contributed by atoms with Gasteiger partial charge in [-0.25, -0.2) is 4.79 Å². The highest BCUT2D eigenvalue weighted by atomic mass is 19.4. The van der Waals surface area contributed by atoms with Crippen molar-refractivity contribution in [3.8, 4) is 0 Å². The van der Waals surface area contributed by atoms with Gasteiger partial charge in [-0.2, -0.15) is 13.2 Å². The van der Waals surface area contributed by atoms with Crippen molar-refractivity contribution in [3.05, 3.63) is 0 Å². The number of carbonyl (C=O) groups is 1. The van der Waals surface area contributed by atoms with Gasteiger partial charge in [0.2, 0.25) is 5.54 Å². The Balaban J connectivity index is 2.74. The molecule has 1 rings (SSSR count). The third-order valence-electron chi connectivity index (χ3n) is 3.09. The zero-order chi connectivity index (χ0) is 12.4. The van der Waals surface area contributed by atoms with Gasteiger partial charge in [0, 0.05) is 6.04 Å². The number of hydrogen-bond acceptors (Lipinski definition) is 2. The molecule has 16 heavy (non-hydrogen) atoms. The number of carboxylic acid groups (broad SMARTS) is 1. The highest BCUT2D eigenvalue weighted by Gasteiger charge is 2.57. The summed E-state index contributed by atoms with van der Waals surface area (Å²) in [5.74, 6) is -1.87. The van der Waals surface area contributed by atoms with E-state index in [0.717, 1.165) is 19.3 Å². The monoisotopic (exact) mass is 239 g/mol. The fraction of sp³-hybridized carbons (Fsp3) is 0.900. The number of alkyl halides is 3. The number of nitrogens with one attached hydrogen (secondary N) is 1. The topological polar surface area (TPSA) is 49.3 Å². The molecule has 1 aliphatic rings. The van der Waals surface area contributed by atoms with E-state index in [1.807, 2.05) is 0 Å². The third kappa shape index (κ3) is 2.66. The quantitative estimate of drug-likeness (QED) is 0.794. The van der Waals surface area contributed by atoms with Crippen molar-refractivity contribution in [1.82, 2.24) is 5.32 Å². The van der Waals surface area contributed by atoms with Crippen molar-refractivity contribution < 1.29 is 23.1 Å². The zero-order valence-corrected chi connectivity index (χ0v) is 9.10. The average Bonchev–Trinajstić information content (AvgIpc) is 2.17. The molecular weight excluding hydrogens is 223 g/mol. The molecule has 0 bridgehead atoms. The Morgan fingerprint density at radius 2 is 1.75 bits per heavy atom. The van der Waals surface area contributed by atoms with Crippen LogP contribution in [0.4, 0.5) is 13.2 Å². The smallest absolute Gasteiger partial charge is 0.417 e. The number of aliphatic carboxylic acids is 1. The van der Waals surface area contributed by atoms with Gasteiger partial charge in [0.25, 0.3) is 0 Å². The SMILES string of the molecule is CC(NC1CCCCC1)(C(=O)O)C(F)(F)F. The summed E-state index contributed by atoms with van der Waals surface area (Å²) in [6, 6.07) is -0.350. The summed E-state index contributed by atoms with van der Waals surface area (Å²) in [5.41, 5.74) is -2.84. The van der Waals surface area contributed by atoms with Gasteiger partial charge in [0.1, 0.15) is 0 Å². The molecule has 1 aliphatic carbocycles. The maximum absolute atomic E-state index is 12.7. The van der Waals surface area contributed by atoms with Crippen LogP contribution >= 0.6 is 0 Å². The highest BCUT2D eigenvalue weighted by molar-refractivity contribution is 5.79. The van der Waals surface area contributed by atoms with E-state index < -0.39 is 17.7 Å². The minimum Gasteiger partial charge on any atom is -0.480 e. The molecule has 0 aromatic carbocycles. The van der Waals surface area contributed by atoms with Crippen molar-refractivity contribution in [3.63, 3.8) is 0 Å². The van der Waals surface area contributed by atoms with E-state index in [2.05, 4.69) is 5.32 Å². The lowest BCUT2D eigenvalue weighted by molar-refractivity contribution is -0.208. The predicted molar refractivity (Wildman–Crippen MR) is 52.1 cm³/mol. The molecule has 1 saturated carbocycles. The van der Waals surface area contributed by atoms with Crippen molar-refractivity contribution >= 4 is 5.97 Å². The fourth-order valence-electron chi connectivity index (χ4n) is 1.92. The molecule has 94 valence electrons. The molecule has 3 nitrogen and oxygen atoms in total. The van der Waals surface area contributed by atoms with Gasteiger partial charge in [-0.15, -0.1) is 0 Å². The van der Waals surface area contributed by atoms with Crippen molar-refractivity contribution in [1.29, 1.82) is 0 Å². The summed E-state index contributed by atoms with van der Waals surface area (Å²) in [4.78, 5) is 10.8. The lowest BCUT2D eigenvalue weighted by atomic mass is 9.91. The van der Waals surface area contributed by atoms with Crippen LogP contribution in [0.5, 0.6) is 0 Å². The summed E-state index contributed by atoms with van der Waals surface area (Å²) < 4.78 is 38.0. The number of rotatable bonds is 3. The van der Waals surface area contributed by atoms with Crippen LogP contribution in [0.2, 0.25) is 0 Å². The molecule has 0 aliphatic heterocycles. The molecule has 2 N–H and O–H groups in total. The Bertz CT molecular complexity index is 261. The summed E-state index contributed by atoms with van der Waals surface area (Å²) >= 11 is 0. The second-order valence-corrected chi connectivity index (χ2v) is 4.41. The predicted octanol–water partition coefficient (Wildman–Crippen LogP) is 2.31. The first-order valence-electron chi connectivity index (χ1n) is 5.35. The maximum atomic E-state index is 12.7. The van der Waals surface area contributed by atoms with Crippen LogP contribution in [-0.4, -0.2) is 28.8 Å². The van der Waals surface area contributed by atoms with Crippen LogP contribution in [0.3, 0.4) is 0 Å². The van der Waals surface area contributed by atoms with Crippen LogP contribution in [0.1, 0.15) is 39.0 Å². The van der Waals surface area contributed by atoms with Gasteiger partial charge in [0.05, 0.1) is 0 Å². The fourth-order valence-corrected chi connectivity index (χ4v) is 1.92. The molecular formula is C10H16F3NO2. The van der Waals surface area contributed by atoms with Crippen molar-refractivity contribution in [2.24, 2.45) is 0 Å². The van der Waals surface area contributed by atoms with E-state index >= 15 is 0 Å². The van der Waals surface area contributed by atoms with Gasteiger partial charge in [-0.3, -0.25) is 5.32 Å². The Kier molecular flexibility index (Phi) is 3.83. The molecule has 1 atom stereocenters. The second kappa shape index (κ2) is 4.61. The Morgan fingerprint density at radius 1 is 1.25 bits per heavy atom. The number of halogens is 3. The second-order valence-electron chi connectivity index (χ2n) is 4.41. The van der Waals surface area contributed by atoms with E-state index in [1.165, 1.54) is 0 Å². The summed E-state index contributed by atoms with van der Waals surface area (Å²) in [7, 11) is 0. The first-order valence-corrected chi connectivity index (χ1v) is 5.35. The molecule has 1 unspecified atom stereocenters. The molecule has 0 aromatic heterocycles. The molecule has 0 heterocycles. The Labute approximate surface area is 92.0 Å². The van der Waals surface area contributed by atoms with E-state index in [1.54, 1.807) is 0 Å². The van der Waals surface area contributed by atoms with Crippen molar-refractivity contribution in [2.45, 2.75) is 56.8 Å². The van der Waals surface area contributed by atoms with Gasteiger partial charge >= 0.3 is 12.1 Å². The number of carboxylic acids is 1. The zero-order valence-electron chi connectivity index (χ0n) is 9.10. The van der Waals surface area contributed by atoms with Gasteiger partial charge < -0.3 is 5.11 Å². The number of hydrogen-bond donors (Lipinski definition) is 2. The standard InChI is InChI=1S/C10H16F3NO2/c1-9(8(15)16,10(11,12)13)14-7-5-3-2-4-6-7/h7,14H,2-6H2,1H3,(H,15,16). The summed E-state index contributed by atoms with van der Waals surface area (Å²) in [6.07, 6.45) is -0.849. The molecule has 0 spiro atoms. The average molecular weight is 239 g/mol. The van der Waals surface area contributed by atoms with Gasteiger partial charge in [0.15, 0.2) is 0 Å². The van der Waals surface area contributed by atoms with Crippen LogP contribution < -0.4 is 5.32 Å². The lowest BCUT2D eigenvalue weighted by Gasteiger charge is -2.34. The van der Waals surface area contributed by atoms with Crippen LogP contribution in [-0.2, 0) is 4.79 Å². The van der Waals surface area contributed by atoms with Gasteiger partial charge in [-0.05, 0) is 19.8 Å². The Morgan fingerprint density at radius 3 is 2.12 bits per heavy atom. The third-order valence-corrected chi connectivity index (χ3v) is 3.09. The normalized spacial score (nSPS) is 22.8. The van der Waals surface area contributed by atoms with E-state index in [0.29, 0.717) is 19.8 Å². The maximum Gasteiger partial charge on any atom is 0.417 e. The Hall–Kier alpha value is -0.780. The molecule has 6 heteroatoms. The van der Waals surface area contributed by atoms with E-state index in [9.17, 15) is 18.0 Å².